The molecule has 1 heterocycles. The summed E-state index contributed by atoms with van der Waals surface area (Å²) in [6.07, 6.45) is 2.91. The van der Waals surface area contributed by atoms with Crippen molar-refractivity contribution in [3.63, 3.8) is 0 Å². The molecule has 0 aromatic rings. The van der Waals surface area contributed by atoms with Gasteiger partial charge in [0.1, 0.15) is 0 Å². The highest BCUT2D eigenvalue weighted by Gasteiger charge is 2.25. The number of nitrogens with zero attached hydrogens (tertiary/aromatic N) is 1. The van der Waals surface area contributed by atoms with Crippen LogP contribution in [-0.2, 0) is 0 Å². The predicted molar refractivity (Wildman–Crippen MR) is 44.2 cm³/mol. The van der Waals surface area contributed by atoms with Gasteiger partial charge >= 0.3 is 0 Å². The molecule has 66 valence electrons. The fraction of sp³-hybridized carbons (Fsp3) is 1.00. The smallest absolute Gasteiger partial charge is 0.0894 e. The monoisotopic (exact) mass is 160 g/mol. The summed E-state index contributed by atoms with van der Waals surface area (Å²) in [6, 6.07) is 0.592. The predicted octanol–water partition coefficient (Wildman–Crippen LogP) is 0.769. The van der Waals surface area contributed by atoms with E-state index in [4.69, 9.17) is 5.73 Å². The van der Waals surface area contributed by atoms with Crippen molar-refractivity contribution in [2.75, 3.05) is 26.3 Å². The largest absolute Gasteiger partial charge is 0.329 e. The van der Waals surface area contributed by atoms with Crippen molar-refractivity contribution < 1.29 is 4.39 Å². The van der Waals surface area contributed by atoms with Gasteiger partial charge in [-0.1, -0.05) is 0 Å². The van der Waals surface area contributed by atoms with Gasteiger partial charge in [-0.3, -0.25) is 9.29 Å². The summed E-state index contributed by atoms with van der Waals surface area (Å²) < 4.78 is 11.7. The Kier molecular flexibility index (Phi) is 3.80. The second-order valence-corrected chi connectivity index (χ2v) is 3.11. The Morgan fingerprint density at radius 2 is 2.27 bits per heavy atom. The number of alkyl halides is 1. The summed E-state index contributed by atoms with van der Waals surface area (Å²) in [5.74, 6) is 0. The maximum atomic E-state index is 11.7. The lowest BCUT2D eigenvalue weighted by Gasteiger charge is -2.40. The van der Waals surface area contributed by atoms with Crippen LogP contribution in [0.15, 0.2) is 0 Å². The van der Waals surface area contributed by atoms with Crippen molar-refractivity contribution in [1.82, 2.24) is 4.90 Å². The molecule has 2 nitrogen and oxygen atoms in total. The Morgan fingerprint density at radius 3 is 2.73 bits per heavy atom. The molecule has 2 N–H and O–H groups in total. The van der Waals surface area contributed by atoms with Gasteiger partial charge in [-0.15, -0.1) is 0 Å². The minimum atomic E-state index is -0.179. The number of halogens is 1. The van der Waals surface area contributed by atoms with Crippen molar-refractivity contribution in [3.8, 4) is 0 Å². The lowest BCUT2D eigenvalue weighted by molar-refractivity contribution is 0.0940. The van der Waals surface area contributed by atoms with Gasteiger partial charge in [-0.25, -0.2) is 0 Å². The van der Waals surface area contributed by atoms with E-state index in [-0.39, 0.29) is 6.67 Å². The van der Waals surface area contributed by atoms with Crippen LogP contribution in [0.5, 0.6) is 0 Å². The Balaban J connectivity index is 1.98. The van der Waals surface area contributed by atoms with Gasteiger partial charge < -0.3 is 5.73 Å². The summed E-state index contributed by atoms with van der Waals surface area (Å²) in [4.78, 5) is 2.34. The molecule has 11 heavy (non-hydrogen) atoms. The van der Waals surface area contributed by atoms with Crippen LogP contribution in [-0.4, -0.2) is 37.3 Å². The summed E-state index contributed by atoms with van der Waals surface area (Å²) in [7, 11) is 0. The van der Waals surface area contributed by atoms with E-state index in [1.807, 2.05) is 0 Å². The van der Waals surface area contributed by atoms with Crippen LogP contribution in [0.3, 0.4) is 0 Å². The van der Waals surface area contributed by atoms with Crippen LogP contribution in [0, 0.1) is 0 Å². The topological polar surface area (TPSA) is 29.3 Å². The Morgan fingerprint density at radius 1 is 1.45 bits per heavy atom. The first kappa shape index (κ1) is 8.94. The molecule has 1 aliphatic rings. The molecule has 1 unspecified atom stereocenters. The maximum Gasteiger partial charge on any atom is 0.0894 e. The second kappa shape index (κ2) is 4.67. The van der Waals surface area contributed by atoms with E-state index in [0.717, 1.165) is 26.1 Å². The number of nitrogens with two attached hydrogens (primary N) is 1. The summed E-state index contributed by atoms with van der Waals surface area (Å²) in [5, 5.41) is 0. The van der Waals surface area contributed by atoms with Gasteiger partial charge in [-0.05, 0) is 25.8 Å². The zero-order valence-corrected chi connectivity index (χ0v) is 6.93. The quantitative estimate of drug-likeness (QED) is 0.602. The molecule has 1 rings (SSSR count). The van der Waals surface area contributed by atoms with Gasteiger partial charge in [-0.2, -0.15) is 0 Å². The van der Waals surface area contributed by atoms with Crippen LogP contribution in [0.4, 0.5) is 4.39 Å². The molecule has 0 saturated carbocycles. The number of hydrogen-bond donors (Lipinski definition) is 1. The first-order valence-corrected chi connectivity index (χ1v) is 4.38. The van der Waals surface area contributed by atoms with E-state index in [1.54, 1.807) is 0 Å². The van der Waals surface area contributed by atoms with Crippen LogP contribution in [0.25, 0.3) is 0 Å². The Labute approximate surface area is 67.6 Å². The maximum absolute atomic E-state index is 11.7. The molecule has 3 heteroatoms. The number of hydrogen-bond acceptors (Lipinski definition) is 2. The normalized spacial score (nSPS) is 25.1. The second-order valence-electron chi connectivity index (χ2n) is 3.11. The van der Waals surface area contributed by atoms with Crippen molar-refractivity contribution >= 4 is 0 Å². The van der Waals surface area contributed by atoms with Gasteiger partial charge in [0.25, 0.3) is 0 Å². The van der Waals surface area contributed by atoms with Crippen molar-refractivity contribution in [1.29, 1.82) is 0 Å². The summed E-state index contributed by atoms with van der Waals surface area (Å²) in [6.45, 7) is 2.77. The summed E-state index contributed by atoms with van der Waals surface area (Å²) in [5.41, 5.74) is 5.51. The molecule has 0 aromatic heterocycles. The van der Waals surface area contributed by atoms with Crippen LogP contribution < -0.4 is 5.73 Å². The van der Waals surface area contributed by atoms with E-state index in [0.29, 0.717) is 12.5 Å². The molecule has 1 fully saturated rings. The SMILES string of the molecule is NCC1CCN1CCCCF. The number of rotatable bonds is 5. The number of unbranched alkanes of at least 4 members (excludes halogenated alkanes) is 1. The van der Waals surface area contributed by atoms with E-state index >= 15 is 0 Å². The first-order valence-electron chi connectivity index (χ1n) is 4.38. The zero-order valence-electron chi connectivity index (χ0n) is 6.93. The number of likely N-dealkylation sites (tertiary alicyclic amines) is 1. The molecular weight excluding hydrogens is 143 g/mol. The average molecular weight is 160 g/mol. The van der Waals surface area contributed by atoms with Gasteiger partial charge in [0.2, 0.25) is 0 Å². The average Bonchev–Trinajstić information content (AvgIpc) is 1.97. The Hall–Kier alpha value is -0.150. The van der Waals surface area contributed by atoms with E-state index in [1.165, 1.54) is 6.42 Å². The molecule has 1 atom stereocenters. The van der Waals surface area contributed by atoms with Crippen molar-refractivity contribution in [2.24, 2.45) is 5.73 Å². The van der Waals surface area contributed by atoms with Crippen molar-refractivity contribution in [3.05, 3.63) is 0 Å². The first-order chi connectivity index (χ1) is 5.38. The van der Waals surface area contributed by atoms with E-state index in [2.05, 4.69) is 4.90 Å². The zero-order chi connectivity index (χ0) is 8.10. The van der Waals surface area contributed by atoms with Gasteiger partial charge in [0.05, 0.1) is 6.67 Å². The van der Waals surface area contributed by atoms with E-state index in [9.17, 15) is 4.39 Å². The molecule has 1 saturated heterocycles. The fourth-order valence-corrected chi connectivity index (χ4v) is 1.46. The molecule has 0 aliphatic carbocycles. The van der Waals surface area contributed by atoms with Crippen molar-refractivity contribution in [2.45, 2.75) is 25.3 Å². The van der Waals surface area contributed by atoms with Gasteiger partial charge in [0.15, 0.2) is 0 Å². The molecule has 0 spiro atoms. The highest BCUT2D eigenvalue weighted by Crippen LogP contribution is 2.16. The lowest BCUT2D eigenvalue weighted by Crippen LogP contribution is -2.51. The highest BCUT2D eigenvalue weighted by molar-refractivity contribution is 4.82. The van der Waals surface area contributed by atoms with Crippen LogP contribution in [0.2, 0.25) is 0 Å². The van der Waals surface area contributed by atoms with E-state index < -0.39 is 0 Å². The molecular formula is C8H17FN2. The molecule has 0 aromatic carbocycles. The fourth-order valence-electron chi connectivity index (χ4n) is 1.46. The van der Waals surface area contributed by atoms with Crippen LogP contribution >= 0.6 is 0 Å². The lowest BCUT2D eigenvalue weighted by atomic mass is 10.0. The minimum Gasteiger partial charge on any atom is -0.329 e. The molecule has 0 radical (unpaired) electrons. The minimum absolute atomic E-state index is 0.179. The summed E-state index contributed by atoms with van der Waals surface area (Å²) >= 11 is 0. The highest BCUT2D eigenvalue weighted by atomic mass is 19.1. The Bertz CT molecular complexity index is 106. The third-order valence-electron chi connectivity index (χ3n) is 2.37. The van der Waals surface area contributed by atoms with Crippen LogP contribution in [0.1, 0.15) is 19.3 Å². The molecule has 1 aliphatic heterocycles. The third kappa shape index (κ3) is 2.42. The third-order valence-corrected chi connectivity index (χ3v) is 2.37. The standard InChI is InChI=1S/C8H17FN2/c9-4-1-2-5-11-6-3-8(11)7-10/h8H,1-7,10H2. The van der Waals surface area contributed by atoms with Gasteiger partial charge in [0, 0.05) is 19.1 Å². The molecule has 0 bridgehead atoms. The molecule has 0 amide bonds.